The molecule has 0 aromatic carbocycles. The Balaban J connectivity index is 2.00. The molecule has 90 valence electrons. The average Bonchev–Trinajstić information content (AvgIpc) is 2.87. The first-order valence-electron chi connectivity index (χ1n) is 5.72. The van der Waals surface area contributed by atoms with Gasteiger partial charge >= 0.3 is 5.97 Å². The van der Waals surface area contributed by atoms with E-state index in [0.717, 1.165) is 11.3 Å². The largest absolute Gasteiger partial charge is 0.480 e. The Morgan fingerprint density at radius 2 is 2.24 bits per heavy atom. The number of imide groups is 1. The van der Waals surface area contributed by atoms with Gasteiger partial charge in [0.25, 0.3) is 0 Å². The van der Waals surface area contributed by atoms with Gasteiger partial charge in [0.2, 0.25) is 11.8 Å². The van der Waals surface area contributed by atoms with Gasteiger partial charge in [-0.2, -0.15) is 0 Å². The summed E-state index contributed by atoms with van der Waals surface area (Å²) in [5, 5.41) is 8.74. The summed E-state index contributed by atoms with van der Waals surface area (Å²) < 4.78 is 0. The molecule has 5 heteroatoms. The summed E-state index contributed by atoms with van der Waals surface area (Å²) in [6.07, 6.45) is 4.84. The Labute approximate surface area is 98.1 Å². The molecule has 2 fully saturated rings. The molecule has 0 aromatic heterocycles. The molecule has 2 amide bonds. The van der Waals surface area contributed by atoms with E-state index in [2.05, 4.69) is 0 Å². The Kier molecular flexibility index (Phi) is 1.83. The van der Waals surface area contributed by atoms with E-state index in [0.29, 0.717) is 0 Å². The number of hydrogen-bond donors (Lipinski definition) is 1. The summed E-state index contributed by atoms with van der Waals surface area (Å²) in [5.74, 6) is -1.91. The van der Waals surface area contributed by atoms with Crippen molar-refractivity contribution in [3.05, 3.63) is 12.2 Å². The number of carboxylic acids is 1. The topological polar surface area (TPSA) is 74.7 Å². The minimum atomic E-state index is -1.14. The first kappa shape index (κ1) is 10.5. The average molecular weight is 235 g/mol. The third-order valence-corrected chi connectivity index (χ3v) is 4.49. The minimum Gasteiger partial charge on any atom is -0.480 e. The second-order valence-electron chi connectivity index (χ2n) is 5.27. The van der Waals surface area contributed by atoms with Crippen LogP contribution in [0, 0.1) is 23.2 Å². The van der Waals surface area contributed by atoms with Crippen LogP contribution in [0.1, 0.15) is 13.3 Å². The molecule has 1 aliphatic heterocycles. The third kappa shape index (κ3) is 1.06. The van der Waals surface area contributed by atoms with Crippen molar-refractivity contribution in [1.29, 1.82) is 0 Å². The fourth-order valence-electron chi connectivity index (χ4n) is 3.67. The second-order valence-corrected chi connectivity index (χ2v) is 5.27. The maximum atomic E-state index is 12.3. The predicted molar refractivity (Wildman–Crippen MR) is 56.7 cm³/mol. The molecule has 5 nitrogen and oxygen atoms in total. The van der Waals surface area contributed by atoms with Crippen LogP contribution < -0.4 is 0 Å². The number of carboxylic acid groups (broad SMARTS) is 1. The molecule has 1 heterocycles. The van der Waals surface area contributed by atoms with Crippen molar-refractivity contribution in [2.45, 2.75) is 13.3 Å². The zero-order valence-corrected chi connectivity index (χ0v) is 9.42. The molecule has 1 saturated heterocycles. The quantitative estimate of drug-likeness (QED) is 0.550. The molecular formula is C12H13NO4. The molecule has 1 saturated carbocycles. The lowest BCUT2D eigenvalue weighted by molar-refractivity contribution is -0.150. The van der Waals surface area contributed by atoms with Crippen LogP contribution in [0.4, 0.5) is 0 Å². The van der Waals surface area contributed by atoms with E-state index in [1.807, 2.05) is 12.2 Å². The van der Waals surface area contributed by atoms with E-state index >= 15 is 0 Å². The molecule has 2 aliphatic carbocycles. The number of amides is 2. The van der Waals surface area contributed by atoms with Crippen molar-refractivity contribution in [2.75, 3.05) is 6.54 Å². The molecule has 2 bridgehead atoms. The van der Waals surface area contributed by atoms with E-state index in [1.165, 1.54) is 0 Å². The van der Waals surface area contributed by atoms with Gasteiger partial charge in [-0.25, -0.2) is 0 Å². The second kappa shape index (κ2) is 2.97. The lowest BCUT2D eigenvalue weighted by Gasteiger charge is -2.28. The van der Waals surface area contributed by atoms with Gasteiger partial charge in [0, 0.05) is 0 Å². The molecule has 0 radical (unpaired) electrons. The van der Waals surface area contributed by atoms with Gasteiger partial charge in [-0.15, -0.1) is 0 Å². The van der Waals surface area contributed by atoms with E-state index < -0.39 is 17.9 Å². The predicted octanol–water partition coefficient (Wildman–Crippen LogP) is 0.268. The number of carbonyl (C=O) groups excluding carboxylic acids is 2. The minimum absolute atomic E-state index is 0.0905. The van der Waals surface area contributed by atoms with E-state index in [4.69, 9.17) is 5.11 Å². The fourth-order valence-corrected chi connectivity index (χ4v) is 3.67. The van der Waals surface area contributed by atoms with Crippen molar-refractivity contribution in [2.24, 2.45) is 23.2 Å². The van der Waals surface area contributed by atoms with E-state index in [-0.39, 0.29) is 29.6 Å². The highest BCUT2D eigenvalue weighted by Gasteiger charge is 2.67. The molecular weight excluding hydrogens is 222 g/mol. The normalized spacial score (nSPS) is 42.4. The van der Waals surface area contributed by atoms with Gasteiger partial charge in [-0.05, 0) is 25.2 Å². The summed E-state index contributed by atoms with van der Waals surface area (Å²) >= 11 is 0. The van der Waals surface area contributed by atoms with Crippen LogP contribution in [0.3, 0.4) is 0 Å². The molecule has 0 unspecified atom stereocenters. The van der Waals surface area contributed by atoms with E-state index in [9.17, 15) is 14.4 Å². The Morgan fingerprint density at radius 3 is 2.82 bits per heavy atom. The fraction of sp³-hybridized carbons (Fsp3) is 0.583. The number of fused-ring (bicyclic) bond motifs is 5. The van der Waals surface area contributed by atoms with Crippen LogP contribution in [0.25, 0.3) is 0 Å². The van der Waals surface area contributed by atoms with Crippen LogP contribution in [0.15, 0.2) is 12.2 Å². The van der Waals surface area contributed by atoms with Crippen LogP contribution >= 0.6 is 0 Å². The highest BCUT2D eigenvalue weighted by Crippen LogP contribution is 2.60. The number of carbonyl (C=O) groups is 3. The zero-order chi connectivity index (χ0) is 12.4. The maximum Gasteiger partial charge on any atom is 0.323 e. The summed E-state index contributed by atoms with van der Waals surface area (Å²) in [4.78, 5) is 36.0. The maximum absolute atomic E-state index is 12.3. The van der Waals surface area contributed by atoms with Gasteiger partial charge in [0.1, 0.15) is 6.54 Å². The highest BCUT2D eigenvalue weighted by atomic mass is 16.4. The summed E-state index contributed by atoms with van der Waals surface area (Å²) in [6, 6.07) is 0. The number of allylic oxidation sites excluding steroid dienone is 2. The zero-order valence-electron chi connectivity index (χ0n) is 9.42. The molecule has 1 N–H and O–H groups in total. The Hall–Kier alpha value is -1.65. The first-order valence-corrected chi connectivity index (χ1v) is 5.72. The molecule has 3 aliphatic rings. The van der Waals surface area contributed by atoms with Gasteiger partial charge in [-0.3, -0.25) is 19.3 Å². The van der Waals surface area contributed by atoms with Gasteiger partial charge in [-0.1, -0.05) is 12.2 Å². The summed E-state index contributed by atoms with van der Waals surface area (Å²) in [5.41, 5.74) is -0.702. The highest BCUT2D eigenvalue weighted by molar-refractivity contribution is 6.10. The van der Waals surface area contributed by atoms with Crippen molar-refractivity contribution < 1.29 is 19.5 Å². The van der Waals surface area contributed by atoms with Crippen LogP contribution in [-0.4, -0.2) is 34.3 Å². The van der Waals surface area contributed by atoms with Crippen LogP contribution in [-0.2, 0) is 14.4 Å². The van der Waals surface area contributed by atoms with E-state index in [1.54, 1.807) is 6.92 Å². The van der Waals surface area contributed by atoms with Crippen molar-refractivity contribution >= 4 is 17.8 Å². The lowest BCUT2D eigenvalue weighted by atomic mass is 9.71. The van der Waals surface area contributed by atoms with Crippen LogP contribution in [0.5, 0.6) is 0 Å². The van der Waals surface area contributed by atoms with Gasteiger partial charge in [0.05, 0.1) is 11.3 Å². The number of rotatable bonds is 2. The smallest absolute Gasteiger partial charge is 0.323 e. The van der Waals surface area contributed by atoms with Crippen LogP contribution in [0.2, 0.25) is 0 Å². The summed E-state index contributed by atoms with van der Waals surface area (Å²) in [6.45, 7) is 1.29. The standard InChI is InChI=1S/C12H13NO4/c1-12-7-3-2-6(4-7)9(12)10(16)13(11(12)17)5-8(14)15/h2-3,6-7,9H,4-5H2,1H3,(H,14,15)/t6-,7-,9-,12+/m0/s1. The Morgan fingerprint density at radius 1 is 1.53 bits per heavy atom. The molecule has 0 spiro atoms. The van der Waals surface area contributed by atoms with Crippen molar-refractivity contribution in [3.63, 3.8) is 0 Å². The molecule has 4 atom stereocenters. The number of hydrogen-bond acceptors (Lipinski definition) is 3. The molecule has 17 heavy (non-hydrogen) atoms. The SMILES string of the molecule is C[C@]12C(=O)N(CC(=O)O)C(=O)[C@@H]1[C@H]1C=C[C@H]2C1. The van der Waals surface area contributed by atoms with Crippen molar-refractivity contribution in [3.8, 4) is 0 Å². The number of aliphatic carboxylic acids is 1. The van der Waals surface area contributed by atoms with Gasteiger partial charge < -0.3 is 5.11 Å². The lowest BCUT2D eigenvalue weighted by Crippen LogP contribution is -2.39. The van der Waals surface area contributed by atoms with Crippen molar-refractivity contribution in [1.82, 2.24) is 4.90 Å². The van der Waals surface area contributed by atoms with Gasteiger partial charge in [0.15, 0.2) is 0 Å². The molecule has 3 rings (SSSR count). The number of nitrogens with zero attached hydrogens (tertiary/aromatic N) is 1. The first-order chi connectivity index (χ1) is 7.96. The summed E-state index contributed by atoms with van der Waals surface area (Å²) in [7, 11) is 0. The Bertz CT molecular complexity index is 469. The number of likely N-dealkylation sites (tertiary alicyclic amines) is 1. The monoisotopic (exact) mass is 235 g/mol. The molecule has 0 aromatic rings. The third-order valence-electron chi connectivity index (χ3n) is 4.49.